The van der Waals surface area contributed by atoms with Gasteiger partial charge in [0.05, 0.1) is 23.8 Å². The Kier molecular flexibility index (Phi) is 2.33. The van der Waals surface area contributed by atoms with Gasteiger partial charge in [-0.05, 0) is 25.1 Å². The van der Waals surface area contributed by atoms with Gasteiger partial charge in [0.25, 0.3) is 0 Å². The van der Waals surface area contributed by atoms with E-state index in [1.165, 1.54) is 12.3 Å². The van der Waals surface area contributed by atoms with Crippen LogP contribution in [0.25, 0.3) is 21.9 Å². The van der Waals surface area contributed by atoms with Crippen LogP contribution in [0.2, 0.25) is 0 Å². The average Bonchev–Trinajstić information content (AvgIpc) is 2.93. The van der Waals surface area contributed by atoms with E-state index in [2.05, 4.69) is 4.98 Å². The van der Waals surface area contributed by atoms with E-state index in [0.717, 1.165) is 0 Å². The van der Waals surface area contributed by atoms with Crippen molar-refractivity contribution in [1.29, 1.82) is 0 Å². The number of hydrogen-bond acceptors (Lipinski definition) is 3. The topological polar surface area (TPSA) is 55.2 Å². The van der Waals surface area contributed by atoms with Crippen molar-refractivity contribution in [3.8, 4) is 0 Å². The number of hydrogen-bond donors (Lipinski definition) is 1. The number of aromatic amines is 1. The van der Waals surface area contributed by atoms with Crippen LogP contribution in [0.15, 0.2) is 28.9 Å². The summed E-state index contributed by atoms with van der Waals surface area (Å²) in [5.41, 5.74) is 1.23. The van der Waals surface area contributed by atoms with Crippen molar-refractivity contribution in [1.82, 2.24) is 4.98 Å². The first-order valence-corrected chi connectivity index (χ1v) is 5.56. The highest BCUT2D eigenvalue weighted by Gasteiger charge is 2.15. The van der Waals surface area contributed by atoms with E-state index in [4.69, 9.17) is 9.15 Å². The van der Waals surface area contributed by atoms with Gasteiger partial charge in [-0.1, -0.05) is 0 Å². The largest absolute Gasteiger partial charge is 0.464 e. The number of carbonyl (C=O) groups is 1. The lowest BCUT2D eigenvalue weighted by atomic mass is 10.2. The molecule has 0 radical (unpaired) electrons. The second-order valence-electron chi connectivity index (χ2n) is 3.89. The molecule has 0 atom stereocenters. The van der Waals surface area contributed by atoms with Gasteiger partial charge >= 0.3 is 5.97 Å². The Labute approximate surface area is 101 Å². The molecule has 0 saturated carbocycles. The molecule has 5 heteroatoms. The van der Waals surface area contributed by atoms with Gasteiger partial charge in [0.2, 0.25) is 0 Å². The van der Waals surface area contributed by atoms with Gasteiger partial charge in [-0.25, -0.2) is 9.18 Å². The van der Waals surface area contributed by atoms with Crippen LogP contribution in [-0.2, 0) is 4.74 Å². The summed E-state index contributed by atoms with van der Waals surface area (Å²) in [5, 5.41) is 1.07. The summed E-state index contributed by atoms with van der Waals surface area (Å²) >= 11 is 0. The predicted molar refractivity (Wildman–Crippen MR) is 64.0 cm³/mol. The van der Waals surface area contributed by atoms with Gasteiger partial charge in [0, 0.05) is 5.39 Å². The van der Waals surface area contributed by atoms with Crippen molar-refractivity contribution in [2.24, 2.45) is 0 Å². The van der Waals surface area contributed by atoms with E-state index in [1.807, 2.05) is 0 Å². The van der Waals surface area contributed by atoms with Gasteiger partial charge in [-0.2, -0.15) is 0 Å². The van der Waals surface area contributed by atoms with Crippen molar-refractivity contribution in [3.63, 3.8) is 0 Å². The summed E-state index contributed by atoms with van der Waals surface area (Å²) in [5.74, 6) is -0.850. The first-order valence-electron chi connectivity index (χ1n) is 5.56. The molecule has 0 spiro atoms. The maximum Gasteiger partial charge on any atom is 0.354 e. The fourth-order valence-electron chi connectivity index (χ4n) is 2.00. The smallest absolute Gasteiger partial charge is 0.354 e. The summed E-state index contributed by atoms with van der Waals surface area (Å²) in [4.78, 5) is 14.4. The molecule has 1 N–H and O–H groups in total. The highest BCUT2D eigenvalue weighted by Crippen LogP contribution is 2.29. The van der Waals surface area contributed by atoms with Crippen LogP contribution < -0.4 is 0 Å². The molecule has 0 saturated heterocycles. The second-order valence-corrected chi connectivity index (χ2v) is 3.89. The first-order chi connectivity index (χ1) is 8.70. The molecule has 2 heterocycles. The van der Waals surface area contributed by atoms with Crippen molar-refractivity contribution in [2.75, 3.05) is 6.61 Å². The van der Waals surface area contributed by atoms with E-state index in [9.17, 15) is 9.18 Å². The van der Waals surface area contributed by atoms with Crippen LogP contribution in [0, 0.1) is 5.82 Å². The maximum atomic E-state index is 13.7. The lowest BCUT2D eigenvalue weighted by Crippen LogP contribution is -2.04. The number of aromatic nitrogens is 1. The second kappa shape index (κ2) is 3.87. The Morgan fingerprint density at radius 3 is 3.06 bits per heavy atom. The quantitative estimate of drug-likeness (QED) is 0.707. The Bertz CT molecular complexity index is 741. The SMILES string of the molecule is CCOC(=O)c1cc2c(cc(F)c3ccoc32)[nH]1. The number of rotatable bonds is 2. The number of halogens is 1. The summed E-state index contributed by atoms with van der Waals surface area (Å²) in [6, 6.07) is 4.51. The Morgan fingerprint density at radius 1 is 1.44 bits per heavy atom. The third-order valence-corrected chi connectivity index (χ3v) is 2.78. The molecule has 0 amide bonds. The van der Waals surface area contributed by atoms with Gasteiger partial charge in [0.15, 0.2) is 0 Å². The molecule has 18 heavy (non-hydrogen) atoms. The minimum absolute atomic E-state index is 0.287. The third-order valence-electron chi connectivity index (χ3n) is 2.78. The van der Waals surface area contributed by atoms with Gasteiger partial charge in [-0.3, -0.25) is 0 Å². The molecule has 0 bridgehead atoms. The van der Waals surface area contributed by atoms with Crippen molar-refractivity contribution >= 4 is 27.8 Å². The monoisotopic (exact) mass is 247 g/mol. The van der Waals surface area contributed by atoms with E-state index in [0.29, 0.717) is 28.5 Å². The molecule has 2 aromatic heterocycles. The fourth-order valence-corrected chi connectivity index (χ4v) is 2.00. The Morgan fingerprint density at radius 2 is 2.28 bits per heavy atom. The molecule has 4 nitrogen and oxygen atoms in total. The molecule has 0 aliphatic carbocycles. The van der Waals surface area contributed by atoms with Gasteiger partial charge in [0.1, 0.15) is 17.1 Å². The van der Waals surface area contributed by atoms with Crippen LogP contribution in [0.3, 0.4) is 0 Å². The van der Waals surface area contributed by atoms with Crippen LogP contribution in [0.4, 0.5) is 4.39 Å². The number of carbonyl (C=O) groups excluding carboxylic acids is 1. The zero-order valence-corrected chi connectivity index (χ0v) is 9.62. The fraction of sp³-hybridized carbons (Fsp3) is 0.154. The summed E-state index contributed by atoms with van der Waals surface area (Å²) < 4.78 is 23.9. The number of fused-ring (bicyclic) bond motifs is 3. The molecular formula is C13H10FNO3. The van der Waals surface area contributed by atoms with E-state index in [1.54, 1.807) is 19.1 Å². The van der Waals surface area contributed by atoms with E-state index < -0.39 is 5.97 Å². The maximum absolute atomic E-state index is 13.7. The molecule has 0 unspecified atom stereocenters. The number of H-pyrrole nitrogens is 1. The Hall–Kier alpha value is -2.30. The van der Waals surface area contributed by atoms with E-state index in [-0.39, 0.29) is 11.5 Å². The molecule has 3 aromatic rings. The van der Waals surface area contributed by atoms with Crippen molar-refractivity contribution in [2.45, 2.75) is 6.92 Å². The average molecular weight is 247 g/mol. The van der Waals surface area contributed by atoms with Crippen LogP contribution in [0.1, 0.15) is 17.4 Å². The van der Waals surface area contributed by atoms with E-state index >= 15 is 0 Å². The summed E-state index contributed by atoms with van der Waals surface area (Å²) in [6.45, 7) is 2.02. The molecule has 0 fully saturated rings. The lowest BCUT2D eigenvalue weighted by Gasteiger charge is -1.96. The van der Waals surface area contributed by atoms with Gasteiger partial charge in [-0.15, -0.1) is 0 Å². The number of ether oxygens (including phenoxy) is 1. The minimum atomic E-state index is -0.464. The lowest BCUT2D eigenvalue weighted by molar-refractivity contribution is 0.0520. The van der Waals surface area contributed by atoms with Crippen LogP contribution >= 0.6 is 0 Å². The predicted octanol–water partition coefficient (Wildman–Crippen LogP) is 3.23. The number of nitrogens with one attached hydrogen (secondary N) is 1. The number of benzene rings is 1. The Balaban J connectivity index is 2.25. The van der Waals surface area contributed by atoms with Crippen molar-refractivity contribution < 1.29 is 18.3 Å². The zero-order chi connectivity index (χ0) is 12.7. The number of furan rings is 1. The normalized spacial score (nSPS) is 11.2. The highest BCUT2D eigenvalue weighted by atomic mass is 19.1. The molecule has 3 rings (SSSR count). The molecule has 0 aliphatic rings. The van der Waals surface area contributed by atoms with Crippen molar-refractivity contribution in [3.05, 3.63) is 36.0 Å². The molecule has 0 aliphatic heterocycles. The molecule has 1 aromatic carbocycles. The highest BCUT2D eigenvalue weighted by molar-refractivity contribution is 6.06. The summed E-state index contributed by atoms with van der Waals surface area (Å²) in [7, 11) is 0. The van der Waals surface area contributed by atoms with Gasteiger partial charge < -0.3 is 14.1 Å². The first kappa shape index (κ1) is 10.8. The number of esters is 1. The van der Waals surface area contributed by atoms with Crippen LogP contribution in [-0.4, -0.2) is 17.6 Å². The molecule has 92 valence electrons. The van der Waals surface area contributed by atoms with Crippen LogP contribution in [0.5, 0.6) is 0 Å². The summed E-state index contributed by atoms with van der Waals surface area (Å²) in [6.07, 6.45) is 1.42. The zero-order valence-electron chi connectivity index (χ0n) is 9.62. The third kappa shape index (κ3) is 1.48. The molecular weight excluding hydrogens is 237 g/mol. The standard InChI is InChI=1S/C13H10FNO3/c1-2-17-13(16)11-5-8-10(15-11)6-9(14)7-3-4-18-12(7)8/h3-6,15H,2H2,1H3. The minimum Gasteiger partial charge on any atom is -0.464 e.